The SMILES string of the molecule is CCCCOC(=O)N1CCC[C@@H](N[C@H](C)c2ccccc2)CC1. The van der Waals surface area contributed by atoms with Crippen LogP contribution in [0.4, 0.5) is 4.79 Å². The molecule has 0 bridgehead atoms. The number of nitrogens with one attached hydrogen (secondary N) is 1. The zero-order valence-corrected chi connectivity index (χ0v) is 14.5. The highest BCUT2D eigenvalue weighted by molar-refractivity contribution is 5.67. The molecule has 2 atom stereocenters. The number of amides is 1. The number of ether oxygens (including phenoxy) is 1. The predicted molar refractivity (Wildman–Crippen MR) is 93.5 cm³/mol. The van der Waals surface area contributed by atoms with Crippen molar-refractivity contribution in [1.82, 2.24) is 10.2 Å². The maximum absolute atomic E-state index is 12.1. The minimum absolute atomic E-state index is 0.143. The van der Waals surface area contributed by atoms with Gasteiger partial charge < -0.3 is 15.0 Å². The second kappa shape index (κ2) is 9.56. The summed E-state index contributed by atoms with van der Waals surface area (Å²) in [5.74, 6) is 0. The normalized spacial score (nSPS) is 19.9. The lowest BCUT2D eigenvalue weighted by molar-refractivity contribution is 0.102. The largest absolute Gasteiger partial charge is 0.449 e. The fourth-order valence-electron chi connectivity index (χ4n) is 3.03. The highest BCUT2D eigenvalue weighted by Crippen LogP contribution is 2.18. The standard InChI is InChI=1S/C19H30N2O2/c1-3-4-15-23-19(22)21-13-8-11-18(12-14-21)20-16(2)17-9-6-5-7-10-17/h5-7,9-10,16,18,20H,3-4,8,11-15H2,1-2H3/t16-,18-/m1/s1. The molecule has 1 fully saturated rings. The van der Waals surface area contributed by atoms with Gasteiger partial charge in [0.2, 0.25) is 0 Å². The van der Waals surface area contributed by atoms with Gasteiger partial charge in [0.15, 0.2) is 0 Å². The molecule has 0 aromatic heterocycles. The van der Waals surface area contributed by atoms with E-state index in [1.165, 1.54) is 5.56 Å². The Kier molecular flexibility index (Phi) is 7.40. The van der Waals surface area contributed by atoms with Crippen LogP contribution in [0.1, 0.15) is 57.6 Å². The van der Waals surface area contributed by atoms with Crippen molar-refractivity contribution in [3.8, 4) is 0 Å². The van der Waals surface area contributed by atoms with Crippen LogP contribution in [0.2, 0.25) is 0 Å². The molecule has 1 aliphatic heterocycles. The Morgan fingerprint density at radius 3 is 2.83 bits per heavy atom. The van der Waals surface area contributed by atoms with Crippen LogP contribution >= 0.6 is 0 Å². The average molecular weight is 318 g/mol. The fraction of sp³-hybridized carbons (Fsp3) is 0.632. The molecule has 23 heavy (non-hydrogen) atoms. The molecule has 1 heterocycles. The molecule has 1 aromatic rings. The molecule has 2 rings (SSSR count). The van der Waals surface area contributed by atoms with Crippen molar-refractivity contribution in [3.05, 3.63) is 35.9 Å². The number of nitrogens with zero attached hydrogens (tertiary/aromatic N) is 1. The first-order chi connectivity index (χ1) is 11.2. The Hall–Kier alpha value is -1.55. The summed E-state index contributed by atoms with van der Waals surface area (Å²) in [4.78, 5) is 13.9. The molecule has 128 valence electrons. The van der Waals surface area contributed by atoms with Gasteiger partial charge in [-0.3, -0.25) is 0 Å². The molecule has 4 nitrogen and oxygen atoms in total. The van der Waals surface area contributed by atoms with Crippen LogP contribution < -0.4 is 5.32 Å². The number of unbranched alkanes of at least 4 members (excludes halogenated alkanes) is 1. The maximum atomic E-state index is 12.1. The third-order valence-electron chi connectivity index (χ3n) is 4.49. The van der Waals surface area contributed by atoms with Gasteiger partial charge in [0.05, 0.1) is 6.61 Å². The fourth-order valence-corrected chi connectivity index (χ4v) is 3.03. The van der Waals surface area contributed by atoms with Crippen LogP contribution in [0.15, 0.2) is 30.3 Å². The Morgan fingerprint density at radius 1 is 1.30 bits per heavy atom. The Balaban J connectivity index is 1.78. The third kappa shape index (κ3) is 5.87. The Bertz CT molecular complexity index is 464. The van der Waals surface area contributed by atoms with Gasteiger partial charge in [0.1, 0.15) is 0 Å². The quantitative estimate of drug-likeness (QED) is 0.802. The summed E-state index contributed by atoms with van der Waals surface area (Å²) in [5.41, 5.74) is 1.31. The number of hydrogen-bond donors (Lipinski definition) is 1. The van der Waals surface area contributed by atoms with Gasteiger partial charge >= 0.3 is 6.09 Å². The lowest BCUT2D eigenvalue weighted by Gasteiger charge is -2.23. The number of likely N-dealkylation sites (tertiary alicyclic amines) is 1. The molecular weight excluding hydrogens is 288 g/mol. The molecule has 0 spiro atoms. The van der Waals surface area contributed by atoms with Crippen LogP contribution in [-0.4, -0.2) is 36.7 Å². The van der Waals surface area contributed by atoms with Crippen LogP contribution in [-0.2, 0) is 4.74 Å². The monoisotopic (exact) mass is 318 g/mol. The minimum atomic E-state index is -0.143. The number of carbonyl (C=O) groups is 1. The third-order valence-corrected chi connectivity index (χ3v) is 4.49. The lowest BCUT2D eigenvalue weighted by atomic mass is 10.0. The second-order valence-electron chi connectivity index (χ2n) is 6.38. The number of rotatable bonds is 6. The van der Waals surface area contributed by atoms with E-state index >= 15 is 0 Å². The summed E-state index contributed by atoms with van der Waals surface area (Å²) in [6, 6.07) is 11.3. The predicted octanol–water partition coefficient (Wildman–Crippen LogP) is 4.13. The Labute approximate surface area is 140 Å². The van der Waals surface area contributed by atoms with E-state index in [4.69, 9.17) is 4.74 Å². The topological polar surface area (TPSA) is 41.6 Å². The highest BCUT2D eigenvalue weighted by Gasteiger charge is 2.22. The van der Waals surface area contributed by atoms with E-state index in [0.717, 1.165) is 45.2 Å². The van der Waals surface area contributed by atoms with Gasteiger partial charge in [-0.1, -0.05) is 43.7 Å². The van der Waals surface area contributed by atoms with Crippen molar-refractivity contribution in [2.75, 3.05) is 19.7 Å². The van der Waals surface area contributed by atoms with Crippen LogP contribution in [0.3, 0.4) is 0 Å². The molecule has 0 saturated carbocycles. The number of carbonyl (C=O) groups excluding carboxylic acids is 1. The lowest BCUT2D eigenvalue weighted by Crippen LogP contribution is -2.35. The van der Waals surface area contributed by atoms with E-state index in [9.17, 15) is 4.79 Å². The van der Waals surface area contributed by atoms with Gasteiger partial charge in [-0.15, -0.1) is 0 Å². The molecule has 1 N–H and O–H groups in total. The van der Waals surface area contributed by atoms with Crippen molar-refractivity contribution >= 4 is 6.09 Å². The molecule has 1 aromatic carbocycles. The molecule has 1 saturated heterocycles. The number of hydrogen-bond acceptors (Lipinski definition) is 3. The van der Waals surface area contributed by atoms with Gasteiger partial charge in [0.25, 0.3) is 0 Å². The van der Waals surface area contributed by atoms with Crippen molar-refractivity contribution in [1.29, 1.82) is 0 Å². The van der Waals surface area contributed by atoms with E-state index in [1.54, 1.807) is 0 Å². The van der Waals surface area contributed by atoms with Crippen molar-refractivity contribution in [2.45, 2.75) is 58.0 Å². The smallest absolute Gasteiger partial charge is 0.409 e. The molecule has 1 amide bonds. The first-order valence-corrected chi connectivity index (χ1v) is 8.93. The molecule has 1 aliphatic rings. The summed E-state index contributed by atoms with van der Waals surface area (Å²) in [6.45, 7) is 6.44. The number of benzene rings is 1. The summed E-state index contributed by atoms with van der Waals surface area (Å²) < 4.78 is 5.33. The highest BCUT2D eigenvalue weighted by atomic mass is 16.6. The van der Waals surface area contributed by atoms with Crippen LogP contribution in [0.5, 0.6) is 0 Å². The second-order valence-corrected chi connectivity index (χ2v) is 6.38. The van der Waals surface area contributed by atoms with Gasteiger partial charge in [-0.2, -0.15) is 0 Å². The molecule has 0 radical (unpaired) electrons. The first-order valence-electron chi connectivity index (χ1n) is 8.93. The molecular formula is C19H30N2O2. The van der Waals surface area contributed by atoms with E-state index in [0.29, 0.717) is 18.7 Å². The summed E-state index contributed by atoms with van der Waals surface area (Å²) in [5, 5.41) is 3.71. The summed E-state index contributed by atoms with van der Waals surface area (Å²) in [6.07, 6.45) is 4.97. The van der Waals surface area contributed by atoms with Crippen molar-refractivity contribution in [2.24, 2.45) is 0 Å². The van der Waals surface area contributed by atoms with E-state index in [-0.39, 0.29) is 6.09 Å². The van der Waals surface area contributed by atoms with Crippen molar-refractivity contribution < 1.29 is 9.53 Å². The average Bonchev–Trinajstić information content (AvgIpc) is 2.81. The van der Waals surface area contributed by atoms with Gasteiger partial charge in [0, 0.05) is 25.2 Å². The van der Waals surface area contributed by atoms with E-state index in [2.05, 4.69) is 43.4 Å². The van der Waals surface area contributed by atoms with E-state index in [1.807, 2.05) is 11.0 Å². The van der Waals surface area contributed by atoms with E-state index < -0.39 is 0 Å². The summed E-state index contributed by atoms with van der Waals surface area (Å²) >= 11 is 0. The zero-order valence-electron chi connectivity index (χ0n) is 14.5. The maximum Gasteiger partial charge on any atom is 0.409 e. The minimum Gasteiger partial charge on any atom is -0.449 e. The first kappa shape index (κ1) is 17.8. The molecule has 0 aliphatic carbocycles. The van der Waals surface area contributed by atoms with Crippen LogP contribution in [0, 0.1) is 0 Å². The molecule has 0 unspecified atom stereocenters. The molecule has 4 heteroatoms. The van der Waals surface area contributed by atoms with Crippen molar-refractivity contribution in [3.63, 3.8) is 0 Å². The van der Waals surface area contributed by atoms with Crippen LogP contribution in [0.25, 0.3) is 0 Å². The zero-order chi connectivity index (χ0) is 16.5. The van der Waals surface area contributed by atoms with Gasteiger partial charge in [-0.05, 0) is 38.2 Å². The van der Waals surface area contributed by atoms with Gasteiger partial charge in [-0.25, -0.2) is 4.79 Å². The summed E-state index contributed by atoms with van der Waals surface area (Å²) in [7, 11) is 0. The Morgan fingerprint density at radius 2 is 2.09 bits per heavy atom.